The first kappa shape index (κ1) is 18.9. The van der Waals surface area contributed by atoms with Crippen molar-refractivity contribution in [3.63, 3.8) is 0 Å². The minimum atomic E-state index is -0.662. The topological polar surface area (TPSA) is 110 Å². The summed E-state index contributed by atoms with van der Waals surface area (Å²) in [6.07, 6.45) is 4.94. The summed E-state index contributed by atoms with van der Waals surface area (Å²) in [5.41, 5.74) is -0.396. The van der Waals surface area contributed by atoms with Crippen molar-refractivity contribution in [2.45, 2.75) is 38.1 Å². The zero-order valence-electron chi connectivity index (χ0n) is 13.9. The Morgan fingerprint density at radius 1 is 1.40 bits per heavy atom. The quantitative estimate of drug-likeness (QED) is 0.414. The van der Waals surface area contributed by atoms with Gasteiger partial charge in [-0.1, -0.05) is 12.8 Å². The molecule has 8 nitrogen and oxygen atoms in total. The third kappa shape index (κ3) is 4.99. The normalized spacial score (nSPS) is 14.3. The summed E-state index contributed by atoms with van der Waals surface area (Å²) in [6.45, 7) is 0.240. The van der Waals surface area contributed by atoms with Crippen LogP contribution in [0.4, 0.5) is 5.69 Å². The molecular weight excluding hydrogens is 328 g/mol. The average molecular weight is 350 g/mol. The summed E-state index contributed by atoms with van der Waals surface area (Å²) in [5.74, 6) is -0.0401. The number of ether oxygens (including phenoxy) is 1. The maximum absolute atomic E-state index is 12.5. The highest BCUT2D eigenvalue weighted by atomic mass is 16.6. The maximum Gasteiger partial charge on any atom is 0.283 e. The number of carbonyl (C=O) groups is 2. The summed E-state index contributed by atoms with van der Waals surface area (Å²) in [6, 6.07) is 4.03. The first-order valence-corrected chi connectivity index (χ1v) is 8.33. The number of benzene rings is 1. The first-order valence-electron chi connectivity index (χ1n) is 8.33. The highest BCUT2D eigenvalue weighted by Crippen LogP contribution is 2.25. The second-order valence-electron chi connectivity index (χ2n) is 5.99. The van der Waals surface area contributed by atoms with Gasteiger partial charge in [0.05, 0.1) is 16.6 Å². The van der Waals surface area contributed by atoms with Gasteiger partial charge in [-0.05, 0) is 31.4 Å². The number of amides is 1. The van der Waals surface area contributed by atoms with E-state index in [0.29, 0.717) is 19.3 Å². The van der Waals surface area contributed by atoms with Crippen LogP contribution in [-0.2, 0) is 4.79 Å². The van der Waals surface area contributed by atoms with Crippen LogP contribution in [0.5, 0.6) is 5.75 Å². The first-order chi connectivity index (χ1) is 12.1. The van der Waals surface area contributed by atoms with E-state index in [1.807, 2.05) is 0 Å². The molecule has 1 aliphatic rings. The predicted molar refractivity (Wildman–Crippen MR) is 89.7 cm³/mol. The van der Waals surface area contributed by atoms with Crippen LogP contribution >= 0.6 is 0 Å². The molecule has 1 amide bonds. The van der Waals surface area contributed by atoms with E-state index in [1.165, 1.54) is 12.1 Å². The zero-order chi connectivity index (χ0) is 18.2. The minimum absolute atomic E-state index is 0.0106. The van der Waals surface area contributed by atoms with Gasteiger partial charge in [-0.3, -0.25) is 19.7 Å². The molecular formula is C17H22N2O6. The molecule has 0 bridgehead atoms. The van der Waals surface area contributed by atoms with Crippen molar-refractivity contribution in [1.29, 1.82) is 0 Å². The summed E-state index contributed by atoms with van der Waals surface area (Å²) >= 11 is 0. The summed E-state index contributed by atoms with van der Waals surface area (Å²) < 4.78 is 5.40. The molecule has 1 N–H and O–H groups in total. The third-order valence-corrected chi connectivity index (χ3v) is 4.33. The largest absolute Gasteiger partial charge is 0.484 e. The Balaban J connectivity index is 2.02. The van der Waals surface area contributed by atoms with Gasteiger partial charge in [-0.25, -0.2) is 0 Å². The van der Waals surface area contributed by atoms with Gasteiger partial charge in [0.2, 0.25) is 0 Å². The van der Waals surface area contributed by atoms with Crippen molar-refractivity contribution in [3.05, 3.63) is 33.9 Å². The average Bonchev–Trinajstić information content (AvgIpc) is 3.14. The van der Waals surface area contributed by atoms with Crippen molar-refractivity contribution in [2.75, 3.05) is 19.8 Å². The number of aliphatic hydroxyl groups excluding tert-OH is 1. The Bertz CT molecular complexity index is 628. The number of aliphatic hydroxyl groups is 1. The second kappa shape index (κ2) is 9.12. The molecule has 0 heterocycles. The van der Waals surface area contributed by atoms with Crippen LogP contribution in [0.1, 0.15) is 42.5 Å². The molecule has 0 aliphatic heterocycles. The molecule has 0 aromatic heterocycles. The van der Waals surface area contributed by atoms with Crippen LogP contribution in [0.25, 0.3) is 0 Å². The molecule has 0 spiro atoms. The van der Waals surface area contributed by atoms with Gasteiger partial charge in [0.25, 0.3) is 11.6 Å². The second-order valence-corrected chi connectivity index (χ2v) is 5.99. The number of rotatable bonds is 9. The van der Waals surface area contributed by atoms with E-state index in [9.17, 15) is 19.7 Å². The summed E-state index contributed by atoms with van der Waals surface area (Å²) in [7, 11) is 0. The van der Waals surface area contributed by atoms with Crippen LogP contribution in [-0.4, -0.2) is 52.9 Å². The molecule has 0 radical (unpaired) electrons. The lowest BCUT2D eigenvalue weighted by Gasteiger charge is -2.28. The van der Waals surface area contributed by atoms with Crippen molar-refractivity contribution in [3.8, 4) is 5.75 Å². The van der Waals surface area contributed by atoms with Crippen LogP contribution in [0.15, 0.2) is 18.2 Å². The van der Waals surface area contributed by atoms with E-state index in [4.69, 9.17) is 9.84 Å². The van der Waals surface area contributed by atoms with Gasteiger partial charge in [-0.15, -0.1) is 0 Å². The molecule has 8 heteroatoms. The third-order valence-electron chi connectivity index (χ3n) is 4.33. The standard InChI is InChI=1S/C17H22N2O6/c20-9-3-8-18(14-4-1-2-5-14)17(22)12-25-15-7-6-13(11-21)16(10-15)19(23)24/h6-7,10-11,14,20H,1-5,8-9,12H2. The Hall–Kier alpha value is -2.48. The predicted octanol–water partition coefficient (Wildman–Crippen LogP) is 1.94. The molecule has 0 saturated heterocycles. The van der Waals surface area contributed by atoms with E-state index in [1.54, 1.807) is 4.90 Å². The van der Waals surface area contributed by atoms with Gasteiger partial charge >= 0.3 is 0 Å². The van der Waals surface area contributed by atoms with Gasteiger partial charge in [-0.2, -0.15) is 0 Å². The van der Waals surface area contributed by atoms with E-state index in [0.717, 1.165) is 31.7 Å². The maximum atomic E-state index is 12.5. The fourth-order valence-electron chi connectivity index (χ4n) is 3.07. The Labute approximate surface area is 145 Å². The number of nitrogens with zero attached hydrogens (tertiary/aromatic N) is 2. The van der Waals surface area contributed by atoms with Crippen LogP contribution in [0.2, 0.25) is 0 Å². The highest BCUT2D eigenvalue weighted by Gasteiger charge is 2.26. The van der Waals surface area contributed by atoms with Crippen LogP contribution in [0.3, 0.4) is 0 Å². The molecule has 1 aromatic rings. The smallest absolute Gasteiger partial charge is 0.283 e. The summed E-state index contributed by atoms with van der Waals surface area (Å²) in [5, 5.41) is 20.0. The van der Waals surface area contributed by atoms with Crippen molar-refractivity contribution < 1.29 is 24.4 Å². The lowest BCUT2D eigenvalue weighted by molar-refractivity contribution is -0.385. The molecule has 2 rings (SSSR count). The van der Waals surface area contributed by atoms with Crippen molar-refractivity contribution >= 4 is 17.9 Å². The van der Waals surface area contributed by atoms with Gasteiger partial charge in [0, 0.05) is 19.2 Å². The van der Waals surface area contributed by atoms with Gasteiger partial charge < -0.3 is 14.7 Å². The van der Waals surface area contributed by atoms with Crippen LogP contribution in [0, 0.1) is 10.1 Å². The fraction of sp³-hybridized carbons (Fsp3) is 0.529. The van der Waals surface area contributed by atoms with Gasteiger partial charge in [0.15, 0.2) is 12.9 Å². The molecule has 1 aliphatic carbocycles. The molecule has 1 fully saturated rings. The van der Waals surface area contributed by atoms with E-state index >= 15 is 0 Å². The van der Waals surface area contributed by atoms with Crippen molar-refractivity contribution in [1.82, 2.24) is 4.90 Å². The Morgan fingerprint density at radius 2 is 2.12 bits per heavy atom. The molecule has 0 atom stereocenters. The van der Waals surface area contributed by atoms with E-state index in [2.05, 4.69) is 0 Å². The Morgan fingerprint density at radius 3 is 2.72 bits per heavy atom. The monoisotopic (exact) mass is 350 g/mol. The molecule has 25 heavy (non-hydrogen) atoms. The molecule has 0 unspecified atom stereocenters. The number of nitro benzene ring substituents is 1. The zero-order valence-corrected chi connectivity index (χ0v) is 13.9. The van der Waals surface area contributed by atoms with Crippen molar-refractivity contribution in [2.24, 2.45) is 0 Å². The number of hydrogen-bond donors (Lipinski definition) is 1. The highest BCUT2D eigenvalue weighted by molar-refractivity contribution is 5.82. The Kier molecular flexibility index (Phi) is 6.88. The van der Waals surface area contributed by atoms with E-state index < -0.39 is 4.92 Å². The van der Waals surface area contributed by atoms with Gasteiger partial charge in [0.1, 0.15) is 5.75 Å². The number of hydrogen-bond acceptors (Lipinski definition) is 6. The van der Waals surface area contributed by atoms with E-state index in [-0.39, 0.29) is 42.2 Å². The molecule has 136 valence electrons. The minimum Gasteiger partial charge on any atom is -0.484 e. The lowest BCUT2D eigenvalue weighted by Crippen LogP contribution is -2.42. The summed E-state index contributed by atoms with van der Waals surface area (Å²) in [4.78, 5) is 35.3. The lowest BCUT2D eigenvalue weighted by atomic mass is 10.2. The molecule has 1 aromatic carbocycles. The number of carbonyl (C=O) groups excluding carboxylic acids is 2. The fourth-order valence-corrected chi connectivity index (χ4v) is 3.07. The number of nitro groups is 1. The SMILES string of the molecule is O=Cc1ccc(OCC(=O)N(CCCO)C2CCCC2)cc1[N+](=O)[O-]. The van der Waals surface area contributed by atoms with Crippen LogP contribution < -0.4 is 4.74 Å². The molecule has 1 saturated carbocycles. The number of aldehydes is 1.